The van der Waals surface area contributed by atoms with Gasteiger partial charge in [0.15, 0.2) is 5.82 Å². The van der Waals surface area contributed by atoms with Crippen LogP contribution in [0.3, 0.4) is 0 Å². The van der Waals surface area contributed by atoms with Gasteiger partial charge in [-0.3, -0.25) is 0 Å². The number of nitrogens with zero attached hydrogens (tertiary/aromatic N) is 3. The Morgan fingerprint density at radius 3 is 2.94 bits per heavy atom. The molecule has 18 heavy (non-hydrogen) atoms. The fourth-order valence-electron chi connectivity index (χ4n) is 2.31. The van der Waals surface area contributed by atoms with Crippen molar-refractivity contribution in [3.05, 3.63) is 10.7 Å². The molecule has 0 saturated carbocycles. The van der Waals surface area contributed by atoms with Gasteiger partial charge in [0.1, 0.15) is 5.02 Å². The molecule has 0 radical (unpaired) electrons. The molecular formula is C12H20ClN5. The fraction of sp³-hybridized carbons (Fsp3) is 0.667. The molecule has 0 aromatic carbocycles. The second-order valence-electron chi connectivity index (χ2n) is 4.84. The van der Waals surface area contributed by atoms with E-state index in [-0.39, 0.29) is 5.95 Å². The number of halogens is 1. The fourth-order valence-corrected chi connectivity index (χ4v) is 2.47. The number of anilines is 2. The summed E-state index contributed by atoms with van der Waals surface area (Å²) in [4.78, 5) is 10.6. The van der Waals surface area contributed by atoms with Crippen molar-refractivity contribution in [2.45, 2.75) is 32.2 Å². The van der Waals surface area contributed by atoms with E-state index < -0.39 is 0 Å². The molecule has 2 heterocycles. The van der Waals surface area contributed by atoms with Gasteiger partial charge < -0.3 is 16.0 Å². The maximum absolute atomic E-state index is 6.16. The van der Waals surface area contributed by atoms with Crippen LogP contribution in [0.2, 0.25) is 5.02 Å². The predicted octanol–water partition coefficient (Wildman–Crippen LogP) is 1.92. The lowest BCUT2D eigenvalue weighted by atomic mass is 10.0. The van der Waals surface area contributed by atoms with E-state index in [2.05, 4.69) is 27.2 Å². The zero-order valence-corrected chi connectivity index (χ0v) is 11.7. The zero-order valence-electron chi connectivity index (χ0n) is 10.9. The van der Waals surface area contributed by atoms with Crippen LogP contribution in [0, 0.1) is 6.92 Å². The maximum Gasteiger partial charge on any atom is 0.222 e. The van der Waals surface area contributed by atoms with Gasteiger partial charge in [-0.2, -0.15) is 4.98 Å². The quantitative estimate of drug-likeness (QED) is 0.878. The van der Waals surface area contributed by atoms with Crippen molar-refractivity contribution in [1.29, 1.82) is 0 Å². The van der Waals surface area contributed by atoms with E-state index in [1.807, 2.05) is 6.92 Å². The first kappa shape index (κ1) is 13.4. The topological polar surface area (TPSA) is 67.1 Å². The van der Waals surface area contributed by atoms with Crippen LogP contribution >= 0.6 is 11.6 Å². The standard InChI is InChI=1S/C12H20ClN5/c1-8-10(13)11(17-12(14)16-8)15-7-9-5-3-4-6-18(9)2/h9H,3-7H2,1-2H3,(H3,14,15,16,17). The zero-order chi connectivity index (χ0) is 13.1. The van der Waals surface area contributed by atoms with E-state index in [9.17, 15) is 0 Å². The molecular weight excluding hydrogens is 250 g/mol. The summed E-state index contributed by atoms with van der Waals surface area (Å²) in [6, 6.07) is 0.534. The summed E-state index contributed by atoms with van der Waals surface area (Å²) < 4.78 is 0. The number of likely N-dealkylation sites (N-methyl/N-ethyl adjacent to an activating group) is 1. The van der Waals surface area contributed by atoms with Crippen molar-refractivity contribution in [2.75, 3.05) is 31.2 Å². The molecule has 1 unspecified atom stereocenters. The predicted molar refractivity (Wildman–Crippen MR) is 75.0 cm³/mol. The van der Waals surface area contributed by atoms with Crippen LogP contribution in [0.5, 0.6) is 0 Å². The minimum Gasteiger partial charge on any atom is -0.368 e. The highest BCUT2D eigenvalue weighted by Gasteiger charge is 2.19. The Morgan fingerprint density at radius 2 is 2.22 bits per heavy atom. The van der Waals surface area contributed by atoms with Gasteiger partial charge in [-0.15, -0.1) is 0 Å². The molecule has 1 fully saturated rings. The van der Waals surface area contributed by atoms with Gasteiger partial charge in [-0.05, 0) is 33.4 Å². The molecule has 1 saturated heterocycles. The average Bonchev–Trinajstić information content (AvgIpc) is 2.33. The maximum atomic E-state index is 6.16. The number of aromatic nitrogens is 2. The SMILES string of the molecule is Cc1nc(N)nc(NCC2CCCCN2C)c1Cl. The summed E-state index contributed by atoms with van der Waals surface area (Å²) in [6.07, 6.45) is 3.78. The van der Waals surface area contributed by atoms with E-state index >= 15 is 0 Å². The minimum absolute atomic E-state index is 0.261. The molecule has 0 bridgehead atoms. The summed E-state index contributed by atoms with van der Waals surface area (Å²) in [7, 11) is 2.16. The van der Waals surface area contributed by atoms with Gasteiger partial charge in [0, 0.05) is 12.6 Å². The van der Waals surface area contributed by atoms with Crippen molar-refractivity contribution in [2.24, 2.45) is 0 Å². The Kier molecular flexibility index (Phi) is 4.24. The lowest BCUT2D eigenvalue weighted by Crippen LogP contribution is -2.40. The summed E-state index contributed by atoms with van der Waals surface area (Å²) in [6.45, 7) is 3.83. The molecule has 0 amide bonds. The number of aryl methyl sites for hydroxylation is 1. The monoisotopic (exact) mass is 269 g/mol. The van der Waals surface area contributed by atoms with Gasteiger partial charge in [-0.25, -0.2) is 4.98 Å². The first-order valence-corrected chi connectivity index (χ1v) is 6.69. The number of nitrogen functional groups attached to an aromatic ring is 1. The lowest BCUT2D eigenvalue weighted by molar-refractivity contribution is 0.194. The van der Waals surface area contributed by atoms with E-state index in [0.717, 1.165) is 13.1 Å². The Labute approximate surface area is 113 Å². The van der Waals surface area contributed by atoms with Crippen LogP contribution in [-0.2, 0) is 0 Å². The van der Waals surface area contributed by atoms with Crippen molar-refractivity contribution in [3.8, 4) is 0 Å². The normalized spacial score (nSPS) is 20.9. The van der Waals surface area contributed by atoms with Crippen LogP contribution in [0.25, 0.3) is 0 Å². The summed E-state index contributed by atoms with van der Waals surface area (Å²) >= 11 is 6.16. The molecule has 1 aromatic heterocycles. The summed E-state index contributed by atoms with van der Waals surface area (Å²) in [5, 5.41) is 3.85. The second kappa shape index (κ2) is 5.71. The van der Waals surface area contributed by atoms with Crippen LogP contribution < -0.4 is 11.1 Å². The Balaban J connectivity index is 2.01. The number of nitrogens with two attached hydrogens (primary N) is 1. The molecule has 1 atom stereocenters. The highest BCUT2D eigenvalue weighted by Crippen LogP contribution is 2.23. The Morgan fingerprint density at radius 1 is 1.44 bits per heavy atom. The minimum atomic E-state index is 0.261. The number of nitrogens with one attached hydrogen (secondary N) is 1. The second-order valence-corrected chi connectivity index (χ2v) is 5.22. The third-order valence-electron chi connectivity index (χ3n) is 3.46. The van der Waals surface area contributed by atoms with Crippen molar-refractivity contribution >= 4 is 23.4 Å². The molecule has 100 valence electrons. The van der Waals surface area contributed by atoms with Crippen LogP contribution in [-0.4, -0.2) is 41.0 Å². The smallest absolute Gasteiger partial charge is 0.222 e. The molecule has 0 aliphatic carbocycles. The molecule has 3 N–H and O–H groups in total. The van der Waals surface area contributed by atoms with E-state index in [0.29, 0.717) is 22.6 Å². The molecule has 5 nitrogen and oxygen atoms in total. The largest absolute Gasteiger partial charge is 0.368 e. The number of likely N-dealkylation sites (tertiary alicyclic amines) is 1. The molecule has 1 aliphatic heterocycles. The number of hydrogen-bond acceptors (Lipinski definition) is 5. The van der Waals surface area contributed by atoms with Gasteiger partial charge in [0.05, 0.1) is 5.69 Å². The van der Waals surface area contributed by atoms with Gasteiger partial charge in [0.25, 0.3) is 0 Å². The first-order valence-electron chi connectivity index (χ1n) is 6.31. The molecule has 1 aromatic rings. The van der Waals surface area contributed by atoms with Gasteiger partial charge >= 0.3 is 0 Å². The summed E-state index contributed by atoms with van der Waals surface area (Å²) in [5.41, 5.74) is 6.34. The molecule has 0 spiro atoms. The number of rotatable bonds is 3. The van der Waals surface area contributed by atoms with Crippen LogP contribution in [0.4, 0.5) is 11.8 Å². The molecule has 2 rings (SSSR count). The van der Waals surface area contributed by atoms with E-state index in [1.165, 1.54) is 19.3 Å². The third-order valence-corrected chi connectivity index (χ3v) is 3.91. The highest BCUT2D eigenvalue weighted by atomic mass is 35.5. The Bertz CT molecular complexity index is 423. The third kappa shape index (κ3) is 3.03. The van der Waals surface area contributed by atoms with Gasteiger partial charge in [0.2, 0.25) is 5.95 Å². The first-order chi connectivity index (χ1) is 8.58. The average molecular weight is 270 g/mol. The van der Waals surface area contributed by atoms with Crippen molar-refractivity contribution in [1.82, 2.24) is 14.9 Å². The number of piperidine rings is 1. The summed E-state index contributed by atoms with van der Waals surface area (Å²) in [5.74, 6) is 0.900. The van der Waals surface area contributed by atoms with Crippen molar-refractivity contribution < 1.29 is 0 Å². The van der Waals surface area contributed by atoms with E-state index in [1.54, 1.807) is 0 Å². The van der Waals surface area contributed by atoms with Crippen molar-refractivity contribution in [3.63, 3.8) is 0 Å². The molecule has 6 heteroatoms. The van der Waals surface area contributed by atoms with Gasteiger partial charge in [-0.1, -0.05) is 18.0 Å². The van der Waals surface area contributed by atoms with Crippen LogP contribution in [0.1, 0.15) is 25.0 Å². The van der Waals surface area contributed by atoms with E-state index in [4.69, 9.17) is 17.3 Å². The highest BCUT2D eigenvalue weighted by molar-refractivity contribution is 6.33. The van der Waals surface area contributed by atoms with Crippen LogP contribution in [0.15, 0.2) is 0 Å². The lowest BCUT2D eigenvalue weighted by Gasteiger charge is -2.32. The Hall–Kier alpha value is -1.07. The molecule has 1 aliphatic rings. The number of hydrogen-bond donors (Lipinski definition) is 2.